The van der Waals surface area contributed by atoms with Crippen LogP contribution in [0, 0.1) is 11.7 Å². The molecule has 2 atom stereocenters. The monoisotopic (exact) mass is 253 g/mol. The average molecular weight is 253 g/mol. The van der Waals surface area contributed by atoms with Gasteiger partial charge in [-0.25, -0.2) is 4.39 Å². The maximum atomic E-state index is 13.6. The van der Waals surface area contributed by atoms with E-state index < -0.39 is 0 Å². The van der Waals surface area contributed by atoms with E-state index in [-0.39, 0.29) is 11.9 Å². The van der Waals surface area contributed by atoms with E-state index in [2.05, 4.69) is 33.0 Å². The van der Waals surface area contributed by atoms with Gasteiger partial charge in [0.1, 0.15) is 0 Å². The van der Waals surface area contributed by atoms with Crippen LogP contribution in [0.5, 0.6) is 5.75 Å². The van der Waals surface area contributed by atoms with E-state index in [0.717, 1.165) is 12.0 Å². The number of ether oxygens (including phenoxy) is 1. The predicted octanol–water partition coefficient (Wildman–Crippen LogP) is 3.92. The molecule has 3 heteroatoms. The van der Waals surface area contributed by atoms with Gasteiger partial charge < -0.3 is 10.1 Å². The van der Waals surface area contributed by atoms with Gasteiger partial charge >= 0.3 is 0 Å². The molecule has 0 fully saturated rings. The van der Waals surface area contributed by atoms with Crippen molar-refractivity contribution in [2.75, 3.05) is 7.11 Å². The highest BCUT2D eigenvalue weighted by molar-refractivity contribution is 5.30. The van der Waals surface area contributed by atoms with Crippen molar-refractivity contribution in [1.29, 1.82) is 0 Å². The zero-order chi connectivity index (χ0) is 13.7. The number of benzene rings is 1. The fraction of sp³-hybridized carbons (Fsp3) is 0.600. The molecule has 0 heterocycles. The highest BCUT2D eigenvalue weighted by atomic mass is 19.1. The van der Waals surface area contributed by atoms with E-state index in [1.165, 1.54) is 7.11 Å². The van der Waals surface area contributed by atoms with Crippen LogP contribution in [0.15, 0.2) is 18.2 Å². The molecule has 0 amide bonds. The van der Waals surface area contributed by atoms with Gasteiger partial charge in [-0.1, -0.05) is 19.9 Å². The van der Waals surface area contributed by atoms with Crippen LogP contribution in [0.25, 0.3) is 0 Å². The minimum atomic E-state index is -0.305. The predicted molar refractivity (Wildman–Crippen MR) is 73.4 cm³/mol. The Labute approximate surface area is 110 Å². The Bertz CT molecular complexity index is 379. The molecule has 0 aliphatic carbocycles. The van der Waals surface area contributed by atoms with Crippen LogP contribution in [-0.2, 0) is 0 Å². The second-order valence-corrected chi connectivity index (χ2v) is 5.31. The highest BCUT2D eigenvalue weighted by Gasteiger charge is 2.12. The Hall–Kier alpha value is -1.09. The van der Waals surface area contributed by atoms with E-state index in [1.54, 1.807) is 12.1 Å². The summed E-state index contributed by atoms with van der Waals surface area (Å²) < 4.78 is 18.5. The van der Waals surface area contributed by atoms with Crippen LogP contribution >= 0.6 is 0 Å². The van der Waals surface area contributed by atoms with Crippen LogP contribution in [-0.4, -0.2) is 13.2 Å². The van der Waals surface area contributed by atoms with Crippen molar-refractivity contribution in [2.24, 2.45) is 5.92 Å². The Morgan fingerprint density at radius 3 is 2.39 bits per heavy atom. The van der Waals surface area contributed by atoms with Crippen LogP contribution in [0.1, 0.15) is 45.7 Å². The number of rotatable bonds is 6. The maximum Gasteiger partial charge on any atom is 0.165 e. The molecule has 0 aliphatic heterocycles. The second-order valence-electron chi connectivity index (χ2n) is 5.31. The molecule has 0 spiro atoms. The Morgan fingerprint density at radius 1 is 1.22 bits per heavy atom. The normalized spacial score (nSPS) is 14.6. The van der Waals surface area contributed by atoms with Crippen LogP contribution in [0.3, 0.4) is 0 Å². The van der Waals surface area contributed by atoms with E-state index in [1.807, 2.05) is 6.07 Å². The molecule has 0 saturated heterocycles. The molecule has 18 heavy (non-hydrogen) atoms. The van der Waals surface area contributed by atoms with Gasteiger partial charge in [-0.3, -0.25) is 0 Å². The summed E-state index contributed by atoms with van der Waals surface area (Å²) in [7, 11) is 1.48. The van der Waals surface area contributed by atoms with Crippen molar-refractivity contribution in [3.63, 3.8) is 0 Å². The van der Waals surface area contributed by atoms with Gasteiger partial charge in [0.05, 0.1) is 7.11 Å². The van der Waals surface area contributed by atoms with E-state index in [0.29, 0.717) is 17.7 Å². The fourth-order valence-electron chi connectivity index (χ4n) is 2.25. The fourth-order valence-corrected chi connectivity index (χ4v) is 2.25. The molecule has 1 N–H and O–H groups in total. The zero-order valence-corrected chi connectivity index (χ0v) is 12.0. The second kappa shape index (κ2) is 6.74. The summed E-state index contributed by atoms with van der Waals surface area (Å²) in [5.74, 6) is 0.647. The summed E-state index contributed by atoms with van der Waals surface area (Å²) in [6.07, 6.45) is 1.11. The minimum Gasteiger partial charge on any atom is -0.494 e. The molecule has 0 aliphatic rings. The van der Waals surface area contributed by atoms with Gasteiger partial charge in [-0.15, -0.1) is 0 Å². The number of hydrogen-bond acceptors (Lipinski definition) is 2. The molecule has 1 rings (SSSR count). The summed E-state index contributed by atoms with van der Waals surface area (Å²) in [5, 5.41) is 3.48. The highest BCUT2D eigenvalue weighted by Crippen LogP contribution is 2.22. The van der Waals surface area contributed by atoms with E-state index in [4.69, 9.17) is 4.74 Å². The maximum absolute atomic E-state index is 13.6. The molecule has 102 valence electrons. The largest absolute Gasteiger partial charge is 0.494 e. The summed E-state index contributed by atoms with van der Waals surface area (Å²) in [6.45, 7) is 8.63. The molecule has 0 bridgehead atoms. The quantitative estimate of drug-likeness (QED) is 0.829. The molecule has 0 radical (unpaired) electrons. The standard InChI is InChI=1S/C15H24FNO/c1-10(2)8-11(3)17-12(4)13-6-7-15(18-5)14(16)9-13/h6-7,9-12,17H,8H2,1-5H3. The first-order chi connectivity index (χ1) is 8.43. The summed E-state index contributed by atoms with van der Waals surface area (Å²) in [5.41, 5.74) is 0.948. The number of halogens is 1. The molecule has 2 unspecified atom stereocenters. The lowest BCUT2D eigenvalue weighted by Gasteiger charge is -2.22. The molecule has 1 aromatic carbocycles. The lowest BCUT2D eigenvalue weighted by Crippen LogP contribution is -2.30. The van der Waals surface area contributed by atoms with Crippen molar-refractivity contribution in [2.45, 2.75) is 46.2 Å². The zero-order valence-electron chi connectivity index (χ0n) is 12.0. The van der Waals surface area contributed by atoms with E-state index in [9.17, 15) is 4.39 Å². The topological polar surface area (TPSA) is 21.3 Å². The van der Waals surface area contributed by atoms with Gasteiger partial charge in [0.25, 0.3) is 0 Å². The molecular weight excluding hydrogens is 229 g/mol. The average Bonchev–Trinajstić information content (AvgIpc) is 2.27. The number of methoxy groups -OCH3 is 1. The van der Waals surface area contributed by atoms with Crippen LogP contribution in [0.4, 0.5) is 4.39 Å². The molecule has 0 aromatic heterocycles. The van der Waals surface area contributed by atoms with Gasteiger partial charge in [0.2, 0.25) is 0 Å². The SMILES string of the molecule is COc1ccc(C(C)NC(C)CC(C)C)cc1F. The number of nitrogens with one attached hydrogen (secondary N) is 1. The molecule has 1 aromatic rings. The van der Waals surface area contributed by atoms with Crippen molar-refractivity contribution in [1.82, 2.24) is 5.32 Å². The van der Waals surface area contributed by atoms with Gasteiger partial charge in [-0.05, 0) is 43.9 Å². The Kier molecular flexibility index (Phi) is 5.60. The van der Waals surface area contributed by atoms with Gasteiger partial charge in [-0.2, -0.15) is 0 Å². The van der Waals surface area contributed by atoms with Crippen molar-refractivity contribution >= 4 is 0 Å². The molecule has 2 nitrogen and oxygen atoms in total. The minimum absolute atomic E-state index is 0.138. The first-order valence-corrected chi connectivity index (χ1v) is 6.53. The van der Waals surface area contributed by atoms with Gasteiger partial charge in [0, 0.05) is 12.1 Å². The van der Waals surface area contributed by atoms with Crippen LogP contribution < -0.4 is 10.1 Å². The Balaban J connectivity index is 2.66. The first kappa shape index (κ1) is 15.0. The van der Waals surface area contributed by atoms with E-state index >= 15 is 0 Å². The summed E-state index contributed by atoms with van der Waals surface area (Å²) >= 11 is 0. The first-order valence-electron chi connectivity index (χ1n) is 6.53. The van der Waals surface area contributed by atoms with Crippen molar-refractivity contribution in [3.05, 3.63) is 29.6 Å². The molecule has 0 saturated carbocycles. The third kappa shape index (κ3) is 4.30. The van der Waals surface area contributed by atoms with Gasteiger partial charge in [0.15, 0.2) is 11.6 Å². The lowest BCUT2D eigenvalue weighted by molar-refractivity contribution is 0.383. The Morgan fingerprint density at radius 2 is 1.89 bits per heavy atom. The summed E-state index contributed by atoms with van der Waals surface area (Å²) in [6, 6.07) is 5.68. The van der Waals surface area contributed by atoms with Crippen molar-refractivity contribution in [3.8, 4) is 5.75 Å². The third-order valence-corrected chi connectivity index (χ3v) is 3.04. The third-order valence-electron chi connectivity index (χ3n) is 3.04. The van der Waals surface area contributed by atoms with Crippen LogP contribution in [0.2, 0.25) is 0 Å². The number of hydrogen-bond donors (Lipinski definition) is 1. The lowest BCUT2D eigenvalue weighted by atomic mass is 10.0. The molecular formula is C15H24FNO. The summed E-state index contributed by atoms with van der Waals surface area (Å²) in [4.78, 5) is 0. The van der Waals surface area contributed by atoms with Crippen molar-refractivity contribution < 1.29 is 9.13 Å². The smallest absolute Gasteiger partial charge is 0.165 e.